The monoisotopic (exact) mass is 232 g/mol. The van der Waals surface area contributed by atoms with E-state index in [1.165, 1.54) is 17.4 Å². The zero-order chi connectivity index (χ0) is 11.8. The molecule has 1 N–H and O–H groups in total. The van der Waals surface area contributed by atoms with Crippen molar-refractivity contribution in [1.29, 1.82) is 0 Å². The van der Waals surface area contributed by atoms with Crippen LogP contribution in [0.2, 0.25) is 0 Å². The Morgan fingerprint density at radius 2 is 2.29 bits per heavy atom. The largest absolute Gasteiger partial charge is 0.493 e. The Kier molecular flexibility index (Phi) is 2.48. The smallest absolute Gasteiger partial charge is 0.215 e. The van der Waals surface area contributed by atoms with Crippen LogP contribution >= 0.6 is 0 Å². The minimum absolute atomic E-state index is 0.161. The van der Waals surface area contributed by atoms with Crippen LogP contribution < -0.4 is 0 Å². The maximum absolute atomic E-state index is 9.90. The highest BCUT2D eigenvalue weighted by Gasteiger charge is 2.23. The Bertz CT molecular complexity index is 536. The molecule has 5 heteroatoms. The van der Waals surface area contributed by atoms with Crippen LogP contribution in [0.3, 0.4) is 0 Å². The third kappa shape index (κ3) is 1.76. The zero-order valence-electron chi connectivity index (χ0n) is 9.87. The summed E-state index contributed by atoms with van der Waals surface area (Å²) < 4.78 is 1.45. The summed E-state index contributed by atoms with van der Waals surface area (Å²) in [6, 6.07) is 3.85. The molecule has 17 heavy (non-hydrogen) atoms. The van der Waals surface area contributed by atoms with Gasteiger partial charge in [-0.05, 0) is 26.4 Å². The molecule has 1 aliphatic heterocycles. The Hall–Kier alpha value is -1.62. The molecule has 5 nitrogen and oxygen atoms in total. The average molecular weight is 232 g/mol. The molecule has 1 aliphatic rings. The molecule has 1 atom stereocenters. The number of fused-ring (bicyclic) bond motifs is 1. The molecular weight excluding hydrogens is 216 g/mol. The second-order valence-corrected chi connectivity index (χ2v) is 4.63. The first-order valence-corrected chi connectivity index (χ1v) is 5.99. The highest BCUT2D eigenvalue weighted by molar-refractivity contribution is 5.41. The van der Waals surface area contributed by atoms with E-state index in [9.17, 15) is 5.11 Å². The van der Waals surface area contributed by atoms with E-state index < -0.39 is 0 Å². The van der Waals surface area contributed by atoms with Crippen molar-refractivity contribution in [1.82, 2.24) is 19.5 Å². The summed E-state index contributed by atoms with van der Waals surface area (Å²) in [6.07, 6.45) is 5.22. The van der Waals surface area contributed by atoms with Gasteiger partial charge < -0.3 is 5.11 Å². The van der Waals surface area contributed by atoms with Crippen LogP contribution in [0.1, 0.15) is 31.0 Å². The van der Waals surface area contributed by atoms with E-state index >= 15 is 0 Å². The first-order chi connectivity index (χ1) is 8.25. The molecule has 0 amide bonds. The van der Waals surface area contributed by atoms with Crippen molar-refractivity contribution < 1.29 is 5.11 Å². The lowest BCUT2D eigenvalue weighted by atomic mass is 10.00. The lowest BCUT2D eigenvalue weighted by Crippen LogP contribution is -2.30. The quantitative estimate of drug-likeness (QED) is 0.811. The standard InChI is InChI=1S/C12H16N4O/c1-15-7-3-2-4-10(15)9-8-12(17)16-11(14-9)5-6-13-16/h5-6,8,10,17H,2-4,7H2,1H3. The predicted octanol–water partition coefficient (Wildman–Crippen LogP) is 1.59. The van der Waals surface area contributed by atoms with Crippen LogP contribution in [0.25, 0.3) is 5.65 Å². The van der Waals surface area contributed by atoms with Crippen molar-refractivity contribution >= 4 is 5.65 Å². The Labute approximate surface area is 99.7 Å². The highest BCUT2D eigenvalue weighted by atomic mass is 16.3. The molecule has 2 aromatic rings. The molecule has 1 unspecified atom stereocenters. The minimum atomic E-state index is 0.161. The normalized spacial score (nSPS) is 22.1. The average Bonchev–Trinajstić information content (AvgIpc) is 2.78. The highest BCUT2D eigenvalue weighted by Crippen LogP contribution is 2.30. The molecule has 3 heterocycles. The second kappa shape index (κ2) is 4.00. The molecule has 0 aliphatic carbocycles. The fraction of sp³-hybridized carbons (Fsp3) is 0.500. The van der Waals surface area contributed by atoms with Crippen molar-refractivity contribution in [3.05, 3.63) is 24.0 Å². The molecule has 0 aromatic carbocycles. The number of aromatic nitrogens is 3. The van der Waals surface area contributed by atoms with Gasteiger partial charge in [-0.3, -0.25) is 4.90 Å². The van der Waals surface area contributed by atoms with Gasteiger partial charge in [0.2, 0.25) is 5.88 Å². The van der Waals surface area contributed by atoms with Gasteiger partial charge in [0.05, 0.1) is 17.9 Å². The summed E-state index contributed by atoms with van der Waals surface area (Å²) >= 11 is 0. The van der Waals surface area contributed by atoms with Gasteiger partial charge in [0.1, 0.15) is 0 Å². The van der Waals surface area contributed by atoms with Crippen LogP contribution in [-0.2, 0) is 0 Å². The van der Waals surface area contributed by atoms with E-state index in [-0.39, 0.29) is 5.88 Å². The van der Waals surface area contributed by atoms with E-state index in [0.29, 0.717) is 11.7 Å². The van der Waals surface area contributed by atoms with Crippen LogP contribution in [0.4, 0.5) is 0 Å². The summed E-state index contributed by atoms with van der Waals surface area (Å²) in [5.74, 6) is 0.161. The van der Waals surface area contributed by atoms with Gasteiger partial charge in [-0.1, -0.05) is 6.42 Å². The number of hydrogen-bond donors (Lipinski definition) is 1. The van der Waals surface area contributed by atoms with Crippen molar-refractivity contribution in [3.8, 4) is 5.88 Å². The summed E-state index contributed by atoms with van der Waals surface area (Å²) in [4.78, 5) is 6.87. The van der Waals surface area contributed by atoms with Crippen molar-refractivity contribution in [3.63, 3.8) is 0 Å². The number of hydrogen-bond acceptors (Lipinski definition) is 4. The number of rotatable bonds is 1. The molecule has 0 saturated carbocycles. The first-order valence-electron chi connectivity index (χ1n) is 5.99. The maximum atomic E-state index is 9.90. The number of likely N-dealkylation sites (tertiary alicyclic amines) is 1. The third-order valence-electron chi connectivity index (χ3n) is 3.47. The fourth-order valence-electron chi connectivity index (χ4n) is 2.54. The van der Waals surface area contributed by atoms with Gasteiger partial charge in [0, 0.05) is 12.1 Å². The summed E-state index contributed by atoms with van der Waals surface area (Å²) in [5, 5.41) is 13.9. The van der Waals surface area contributed by atoms with Crippen molar-refractivity contribution in [2.75, 3.05) is 13.6 Å². The van der Waals surface area contributed by atoms with E-state index in [1.807, 2.05) is 6.07 Å². The summed E-state index contributed by atoms with van der Waals surface area (Å²) in [5.41, 5.74) is 1.65. The van der Waals surface area contributed by atoms with Gasteiger partial charge in [-0.2, -0.15) is 9.61 Å². The van der Waals surface area contributed by atoms with E-state index in [1.54, 1.807) is 12.3 Å². The van der Waals surface area contributed by atoms with Gasteiger partial charge in [0.15, 0.2) is 5.65 Å². The van der Waals surface area contributed by atoms with Crippen LogP contribution in [-0.4, -0.2) is 38.2 Å². The Morgan fingerprint density at radius 1 is 1.41 bits per heavy atom. The lowest BCUT2D eigenvalue weighted by Gasteiger charge is -2.31. The second-order valence-electron chi connectivity index (χ2n) is 4.63. The predicted molar refractivity (Wildman–Crippen MR) is 63.9 cm³/mol. The fourth-order valence-corrected chi connectivity index (χ4v) is 2.54. The summed E-state index contributed by atoms with van der Waals surface area (Å²) in [7, 11) is 2.11. The van der Waals surface area contributed by atoms with Crippen LogP contribution in [0.5, 0.6) is 5.88 Å². The van der Waals surface area contributed by atoms with Gasteiger partial charge in [-0.25, -0.2) is 4.98 Å². The number of piperidine rings is 1. The third-order valence-corrected chi connectivity index (χ3v) is 3.47. The van der Waals surface area contributed by atoms with E-state index in [4.69, 9.17) is 0 Å². The zero-order valence-corrected chi connectivity index (χ0v) is 9.87. The van der Waals surface area contributed by atoms with Gasteiger partial charge >= 0.3 is 0 Å². The summed E-state index contributed by atoms with van der Waals surface area (Å²) in [6.45, 7) is 1.09. The number of nitrogens with zero attached hydrogens (tertiary/aromatic N) is 4. The molecule has 90 valence electrons. The van der Waals surface area contributed by atoms with Crippen molar-refractivity contribution in [2.45, 2.75) is 25.3 Å². The van der Waals surface area contributed by atoms with Crippen LogP contribution in [0.15, 0.2) is 18.3 Å². The molecule has 2 aromatic heterocycles. The molecule has 3 rings (SSSR count). The molecule has 1 fully saturated rings. The topological polar surface area (TPSA) is 53.7 Å². The number of aromatic hydroxyl groups is 1. The van der Waals surface area contributed by atoms with Crippen LogP contribution in [0, 0.1) is 0 Å². The molecule has 0 spiro atoms. The first kappa shape index (κ1) is 10.5. The van der Waals surface area contributed by atoms with E-state index in [0.717, 1.165) is 18.7 Å². The van der Waals surface area contributed by atoms with Crippen molar-refractivity contribution in [2.24, 2.45) is 0 Å². The molecule has 0 radical (unpaired) electrons. The SMILES string of the molecule is CN1CCCCC1c1cc(O)n2nccc2n1. The minimum Gasteiger partial charge on any atom is -0.493 e. The van der Waals surface area contributed by atoms with Gasteiger partial charge in [0.25, 0.3) is 0 Å². The maximum Gasteiger partial charge on any atom is 0.215 e. The molecule has 1 saturated heterocycles. The van der Waals surface area contributed by atoms with E-state index in [2.05, 4.69) is 22.0 Å². The molecular formula is C12H16N4O. The van der Waals surface area contributed by atoms with Gasteiger partial charge in [-0.15, -0.1) is 0 Å². The molecule has 0 bridgehead atoms. The Morgan fingerprint density at radius 3 is 3.12 bits per heavy atom. The Balaban J connectivity index is 2.04. The lowest BCUT2D eigenvalue weighted by molar-refractivity contribution is 0.183.